The van der Waals surface area contributed by atoms with Crippen molar-refractivity contribution in [3.63, 3.8) is 0 Å². The first kappa shape index (κ1) is 26.9. The number of nitrogens with one attached hydrogen (secondary N) is 1. The minimum absolute atomic E-state index is 0.0129. The topological polar surface area (TPSA) is 114 Å². The second-order valence-corrected chi connectivity index (χ2v) is 12.7. The Kier molecular flexibility index (Phi) is 6.94. The zero-order chi connectivity index (χ0) is 27.4. The zero-order valence-electron chi connectivity index (χ0n) is 20.9. The van der Waals surface area contributed by atoms with Gasteiger partial charge in [-0.1, -0.05) is 19.1 Å². The molecule has 0 aromatic heterocycles. The summed E-state index contributed by atoms with van der Waals surface area (Å²) in [4.78, 5) is 28.4. The van der Waals surface area contributed by atoms with Crippen LogP contribution in [-0.2, 0) is 32.5 Å². The summed E-state index contributed by atoms with van der Waals surface area (Å²) in [5.74, 6) is -0.969. The van der Waals surface area contributed by atoms with Gasteiger partial charge in [0.05, 0.1) is 23.5 Å². The van der Waals surface area contributed by atoms with Gasteiger partial charge in [0.25, 0.3) is 10.2 Å². The van der Waals surface area contributed by atoms with Gasteiger partial charge in [-0.2, -0.15) is 35.5 Å². The fraction of sp³-hybridized carbons (Fsp3) is 0.640. The number of carbonyl (C=O) groups is 2. The molecule has 38 heavy (non-hydrogen) atoms. The number of rotatable bonds is 6. The highest BCUT2D eigenvalue weighted by Gasteiger charge is 2.62. The van der Waals surface area contributed by atoms with Crippen molar-refractivity contribution in [2.45, 2.75) is 38.5 Å². The van der Waals surface area contributed by atoms with Gasteiger partial charge in [-0.15, -0.1) is 0 Å². The molecule has 3 saturated heterocycles. The SMILES string of the molecule is C[C@@H]1[C@@H]2CN(C(=O)[C@H]3CCCN(S(=O)(=O)N4CC(C#N)C4)C3)[C@@H](C(=O)NCc3ccc(C(F)(F)F)cc3)[C@H]12. The second-order valence-electron chi connectivity index (χ2n) is 10.8. The third-order valence-corrected chi connectivity index (χ3v) is 10.4. The van der Waals surface area contributed by atoms with Crippen molar-refractivity contribution >= 4 is 22.0 Å². The van der Waals surface area contributed by atoms with Crippen LogP contribution in [0.25, 0.3) is 0 Å². The summed E-state index contributed by atoms with van der Waals surface area (Å²) in [5.41, 5.74) is -0.252. The number of likely N-dealkylation sites (tertiary alicyclic amines) is 1. The van der Waals surface area contributed by atoms with Gasteiger partial charge in [0.15, 0.2) is 0 Å². The van der Waals surface area contributed by atoms with Crippen LogP contribution < -0.4 is 5.32 Å². The number of hydrogen-bond acceptors (Lipinski definition) is 5. The summed E-state index contributed by atoms with van der Waals surface area (Å²) in [6.07, 6.45) is -3.40. The maximum Gasteiger partial charge on any atom is 0.416 e. The molecular formula is C25H30F3N5O4S. The number of benzene rings is 1. The average molecular weight is 554 g/mol. The van der Waals surface area contributed by atoms with E-state index in [0.29, 0.717) is 31.5 Å². The molecule has 1 aromatic carbocycles. The van der Waals surface area contributed by atoms with E-state index in [1.54, 1.807) is 4.90 Å². The summed E-state index contributed by atoms with van der Waals surface area (Å²) in [6.45, 7) is 3.16. The lowest BCUT2D eigenvalue weighted by Crippen LogP contribution is -2.58. The number of hydrogen-bond donors (Lipinski definition) is 1. The van der Waals surface area contributed by atoms with Gasteiger partial charge in [-0.25, -0.2) is 0 Å². The molecule has 5 rings (SSSR count). The molecule has 1 aromatic rings. The maximum absolute atomic E-state index is 13.6. The van der Waals surface area contributed by atoms with Crippen molar-refractivity contribution < 1.29 is 31.2 Å². The van der Waals surface area contributed by atoms with Crippen molar-refractivity contribution in [3.05, 3.63) is 35.4 Å². The molecule has 5 atom stereocenters. The Hall–Kier alpha value is -2.69. The van der Waals surface area contributed by atoms with Gasteiger partial charge in [0, 0.05) is 39.3 Å². The Labute approximate surface area is 219 Å². The largest absolute Gasteiger partial charge is 0.416 e. The van der Waals surface area contributed by atoms with E-state index in [1.807, 2.05) is 6.92 Å². The van der Waals surface area contributed by atoms with Crippen molar-refractivity contribution in [3.8, 4) is 6.07 Å². The molecule has 0 bridgehead atoms. The van der Waals surface area contributed by atoms with E-state index in [-0.39, 0.29) is 61.7 Å². The van der Waals surface area contributed by atoms with Crippen LogP contribution in [0.2, 0.25) is 0 Å². The van der Waals surface area contributed by atoms with E-state index in [2.05, 4.69) is 11.4 Å². The number of carbonyl (C=O) groups excluding carboxylic acids is 2. The highest BCUT2D eigenvalue weighted by molar-refractivity contribution is 7.86. The molecule has 1 N–H and O–H groups in total. The molecule has 1 saturated carbocycles. The fourth-order valence-corrected chi connectivity index (χ4v) is 7.84. The van der Waals surface area contributed by atoms with E-state index >= 15 is 0 Å². The first-order valence-electron chi connectivity index (χ1n) is 12.8. The van der Waals surface area contributed by atoms with Crippen molar-refractivity contribution in [2.24, 2.45) is 29.6 Å². The molecule has 3 heterocycles. The highest BCUT2D eigenvalue weighted by atomic mass is 32.2. The standard InChI is InChI=1S/C25H30F3N5O4S/c1-15-20-14-33(22(21(15)20)23(34)30-10-16-4-6-19(7-5-16)25(26,27)28)24(35)18-3-2-8-31(13-18)38(36,37)32-11-17(9-29)12-32/h4-7,15,17-18,20-22H,2-3,8,10-14H2,1H3,(H,30,34)/t15-,18+,20+,21-,22-/m1/s1. The molecular weight excluding hydrogens is 523 g/mol. The minimum atomic E-state index is -4.44. The second kappa shape index (κ2) is 9.81. The third kappa shape index (κ3) is 4.89. The van der Waals surface area contributed by atoms with E-state index in [0.717, 1.165) is 12.1 Å². The van der Waals surface area contributed by atoms with E-state index < -0.39 is 33.9 Å². The Balaban J connectivity index is 1.23. The zero-order valence-corrected chi connectivity index (χ0v) is 21.7. The van der Waals surface area contributed by atoms with Gasteiger partial charge >= 0.3 is 6.18 Å². The molecule has 1 aliphatic carbocycles. The van der Waals surface area contributed by atoms with Crippen molar-refractivity contribution in [1.29, 1.82) is 5.26 Å². The van der Waals surface area contributed by atoms with E-state index in [4.69, 9.17) is 5.26 Å². The van der Waals surface area contributed by atoms with Crippen LogP contribution in [0.4, 0.5) is 13.2 Å². The number of halogens is 3. The normalized spacial score (nSPS) is 30.3. The highest BCUT2D eigenvalue weighted by Crippen LogP contribution is 2.55. The summed E-state index contributed by atoms with van der Waals surface area (Å²) in [6, 6.07) is 5.94. The quantitative estimate of drug-likeness (QED) is 0.578. The number of nitrogens with zero attached hydrogens (tertiary/aromatic N) is 4. The Bertz CT molecular complexity index is 1240. The molecule has 3 aliphatic heterocycles. The molecule has 206 valence electrons. The first-order chi connectivity index (χ1) is 17.9. The third-order valence-electron chi connectivity index (χ3n) is 8.46. The average Bonchev–Trinajstić information content (AvgIpc) is 3.29. The summed E-state index contributed by atoms with van der Waals surface area (Å²) >= 11 is 0. The van der Waals surface area contributed by atoms with E-state index in [1.165, 1.54) is 20.7 Å². The summed E-state index contributed by atoms with van der Waals surface area (Å²) in [7, 11) is -3.76. The van der Waals surface area contributed by atoms with Gasteiger partial charge < -0.3 is 10.2 Å². The maximum atomic E-state index is 13.6. The van der Waals surface area contributed by atoms with Crippen LogP contribution >= 0.6 is 0 Å². The van der Waals surface area contributed by atoms with Gasteiger partial charge in [-0.05, 0) is 48.3 Å². The first-order valence-corrected chi connectivity index (χ1v) is 14.2. The predicted molar refractivity (Wildman–Crippen MR) is 129 cm³/mol. The molecule has 2 amide bonds. The lowest BCUT2D eigenvalue weighted by Gasteiger charge is -2.41. The lowest BCUT2D eigenvalue weighted by atomic mass is 9.97. The molecule has 9 nitrogen and oxygen atoms in total. The van der Waals surface area contributed by atoms with Crippen LogP contribution in [0, 0.1) is 40.9 Å². The Morgan fingerprint density at radius 2 is 1.79 bits per heavy atom. The van der Waals surface area contributed by atoms with Gasteiger partial charge in [0.2, 0.25) is 11.8 Å². The van der Waals surface area contributed by atoms with Crippen LogP contribution in [0.3, 0.4) is 0 Å². The van der Waals surface area contributed by atoms with Gasteiger partial charge in [-0.3, -0.25) is 9.59 Å². The molecule has 0 unspecified atom stereocenters. The Morgan fingerprint density at radius 3 is 2.42 bits per heavy atom. The molecule has 0 radical (unpaired) electrons. The summed E-state index contributed by atoms with van der Waals surface area (Å²) in [5, 5.41) is 11.7. The number of nitriles is 1. The van der Waals surface area contributed by atoms with Crippen molar-refractivity contribution in [1.82, 2.24) is 18.8 Å². The molecule has 13 heteroatoms. The summed E-state index contributed by atoms with van der Waals surface area (Å²) < 4.78 is 67.0. The van der Waals surface area contributed by atoms with Gasteiger partial charge in [0.1, 0.15) is 6.04 Å². The van der Waals surface area contributed by atoms with Crippen LogP contribution in [0.1, 0.15) is 30.9 Å². The van der Waals surface area contributed by atoms with E-state index in [9.17, 15) is 31.2 Å². The fourth-order valence-electron chi connectivity index (χ4n) is 6.05. The lowest BCUT2D eigenvalue weighted by molar-refractivity contribution is -0.144. The number of alkyl halides is 3. The van der Waals surface area contributed by atoms with Crippen LogP contribution in [0.5, 0.6) is 0 Å². The number of amides is 2. The minimum Gasteiger partial charge on any atom is -0.350 e. The smallest absolute Gasteiger partial charge is 0.350 e. The number of fused-ring (bicyclic) bond motifs is 1. The van der Waals surface area contributed by atoms with Crippen LogP contribution in [-0.4, -0.2) is 72.5 Å². The molecule has 0 spiro atoms. The predicted octanol–water partition coefficient (Wildman–Crippen LogP) is 1.83. The van der Waals surface area contributed by atoms with Crippen LogP contribution in [0.15, 0.2) is 24.3 Å². The molecule has 4 fully saturated rings. The number of piperidine rings is 2. The molecule has 4 aliphatic rings. The Morgan fingerprint density at radius 1 is 1.11 bits per heavy atom. The monoisotopic (exact) mass is 553 g/mol. The van der Waals surface area contributed by atoms with Crippen molar-refractivity contribution in [2.75, 3.05) is 32.7 Å².